The molecular weight excluding hydrogens is 240 g/mol. The number of carbonyl (C=O) groups is 1. The minimum Gasteiger partial charge on any atom is -0.491 e. The summed E-state index contributed by atoms with van der Waals surface area (Å²) in [6, 6.07) is 7.82. The molecule has 1 aromatic rings. The van der Waals surface area contributed by atoms with Gasteiger partial charge in [-0.15, -0.1) is 0 Å². The lowest BCUT2D eigenvalue weighted by Crippen LogP contribution is -2.61. The monoisotopic (exact) mass is 262 g/mol. The molecule has 4 nitrogen and oxygen atoms in total. The van der Waals surface area contributed by atoms with E-state index in [4.69, 9.17) is 10.5 Å². The molecule has 3 N–H and O–H groups in total. The van der Waals surface area contributed by atoms with E-state index in [2.05, 4.69) is 5.32 Å². The standard InChI is InChI=1S/C15H22N2O2/c1-3-17-15(14(16)18,12-7-8-12)10-19-13-6-4-5-11(2)9-13/h4-6,9,12,17H,3,7-8,10H2,1-2H3,(H2,16,18). The van der Waals surface area contributed by atoms with Gasteiger partial charge in [-0.05, 0) is 49.9 Å². The maximum absolute atomic E-state index is 11.9. The average Bonchev–Trinajstić information content (AvgIpc) is 3.19. The molecule has 1 saturated carbocycles. The van der Waals surface area contributed by atoms with Crippen LogP contribution in [0.25, 0.3) is 0 Å². The number of primary amides is 1. The highest BCUT2D eigenvalue weighted by Gasteiger charge is 2.50. The highest BCUT2D eigenvalue weighted by Crippen LogP contribution is 2.40. The van der Waals surface area contributed by atoms with Crippen LogP contribution in [-0.4, -0.2) is 24.6 Å². The minimum absolute atomic E-state index is 0.296. The third kappa shape index (κ3) is 3.07. The predicted molar refractivity (Wildman–Crippen MR) is 75.0 cm³/mol. The Morgan fingerprint density at radius 3 is 2.79 bits per heavy atom. The summed E-state index contributed by atoms with van der Waals surface area (Å²) in [4.78, 5) is 11.9. The molecule has 2 rings (SSSR count). The SMILES string of the molecule is CCNC(COc1cccc(C)c1)(C(N)=O)C1CC1. The Balaban J connectivity index is 2.10. The van der Waals surface area contributed by atoms with E-state index in [1.807, 2.05) is 38.1 Å². The number of amides is 1. The maximum atomic E-state index is 11.9. The van der Waals surface area contributed by atoms with Gasteiger partial charge in [0.05, 0.1) is 0 Å². The fraction of sp³-hybridized carbons (Fsp3) is 0.533. The topological polar surface area (TPSA) is 64.3 Å². The third-order valence-corrected chi connectivity index (χ3v) is 3.66. The molecule has 4 heteroatoms. The van der Waals surface area contributed by atoms with Crippen molar-refractivity contribution in [3.8, 4) is 5.75 Å². The maximum Gasteiger partial charge on any atom is 0.241 e. The van der Waals surface area contributed by atoms with Crippen LogP contribution in [0.1, 0.15) is 25.3 Å². The van der Waals surface area contributed by atoms with Crippen LogP contribution < -0.4 is 15.8 Å². The van der Waals surface area contributed by atoms with E-state index in [0.717, 1.165) is 24.2 Å². The van der Waals surface area contributed by atoms with Crippen molar-refractivity contribution in [3.63, 3.8) is 0 Å². The second kappa shape index (κ2) is 5.61. The summed E-state index contributed by atoms with van der Waals surface area (Å²) in [5.74, 6) is 0.767. The van der Waals surface area contributed by atoms with Crippen molar-refractivity contribution in [1.29, 1.82) is 0 Å². The molecule has 0 heterocycles. The summed E-state index contributed by atoms with van der Waals surface area (Å²) < 4.78 is 5.80. The lowest BCUT2D eigenvalue weighted by Gasteiger charge is -2.31. The Morgan fingerprint density at radius 1 is 1.53 bits per heavy atom. The number of hydrogen-bond donors (Lipinski definition) is 2. The first-order valence-electron chi connectivity index (χ1n) is 6.83. The molecule has 1 unspecified atom stereocenters. The summed E-state index contributed by atoms with van der Waals surface area (Å²) in [5.41, 5.74) is 6.02. The van der Waals surface area contributed by atoms with Crippen molar-refractivity contribution >= 4 is 5.91 Å². The normalized spacial score (nSPS) is 17.8. The second-order valence-corrected chi connectivity index (χ2v) is 5.25. The van der Waals surface area contributed by atoms with Gasteiger partial charge in [-0.3, -0.25) is 4.79 Å². The third-order valence-electron chi connectivity index (χ3n) is 3.66. The van der Waals surface area contributed by atoms with Gasteiger partial charge in [-0.1, -0.05) is 19.1 Å². The number of nitrogens with two attached hydrogens (primary N) is 1. The highest BCUT2D eigenvalue weighted by atomic mass is 16.5. The zero-order chi connectivity index (χ0) is 13.9. The van der Waals surface area contributed by atoms with Crippen LogP contribution in [0.5, 0.6) is 5.75 Å². The first-order chi connectivity index (χ1) is 9.08. The van der Waals surface area contributed by atoms with Crippen LogP contribution in [-0.2, 0) is 4.79 Å². The molecule has 1 atom stereocenters. The summed E-state index contributed by atoms with van der Waals surface area (Å²) >= 11 is 0. The van der Waals surface area contributed by atoms with Gasteiger partial charge in [0.2, 0.25) is 5.91 Å². The Labute approximate surface area is 114 Å². The van der Waals surface area contributed by atoms with Crippen LogP contribution in [0.3, 0.4) is 0 Å². The van der Waals surface area contributed by atoms with Gasteiger partial charge in [0.15, 0.2) is 0 Å². The van der Waals surface area contributed by atoms with Gasteiger partial charge in [0.25, 0.3) is 0 Å². The second-order valence-electron chi connectivity index (χ2n) is 5.25. The lowest BCUT2D eigenvalue weighted by atomic mass is 9.93. The Kier molecular flexibility index (Phi) is 4.10. The van der Waals surface area contributed by atoms with Gasteiger partial charge in [0.1, 0.15) is 17.9 Å². The molecule has 0 radical (unpaired) electrons. The van der Waals surface area contributed by atoms with Gasteiger partial charge >= 0.3 is 0 Å². The smallest absolute Gasteiger partial charge is 0.241 e. The van der Waals surface area contributed by atoms with Crippen molar-refractivity contribution in [2.75, 3.05) is 13.2 Å². The van der Waals surface area contributed by atoms with Crippen molar-refractivity contribution < 1.29 is 9.53 Å². The molecule has 1 amide bonds. The minimum atomic E-state index is -0.724. The van der Waals surface area contributed by atoms with E-state index in [0.29, 0.717) is 19.1 Å². The number of benzene rings is 1. The molecular formula is C15H22N2O2. The molecule has 1 aliphatic rings. The van der Waals surface area contributed by atoms with E-state index < -0.39 is 5.54 Å². The molecule has 0 aromatic heterocycles. The first kappa shape index (κ1) is 13.9. The number of ether oxygens (including phenoxy) is 1. The molecule has 1 aliphatic carbocycles. The zero-order valence-corrected chi connectivity index (χ0v) is 11.6. The van der Waals surface area contributed by atoms with Gasteiger partial charge in [0, 0.05) is 0 Å². The fourth-order valence-corrected chi connectivity index (χ4v) is 2.47. The van der Waals surface area contributed by atoms with Crippen LogP contribution in [0, 0.1) is 12.8 Å². The fourth-order valence-electron chi connectivity index (χ4n) is 2.47. The summed E-state index contributed by atoms with van der Waals surface area (Å²) in [6.45, 7) is 4.99. The van der Waals surface area contributed by atoms with E-state index >= 15 is 0 Å². The molecule has 1 fully saturated rings. The van der Waals surface area contributed by atoms with Gasteiger partial charge in [-0.25, -0.2) is 0 Å². The number of likely N-dealkylation sites (N-methyl/N-ethyl adjacent to an activating group) is 1. The van der Waals surface area contributed by atoms with Crippen molar-refractivity contribution in [1.82, 2.24) is 5.32 Å². The van der Waals surface area contributed by atoms with Crippen molar-refractivity contribution in [2.45, 2.75) is 32.2 Å². The first-order valence-corrected chi connectivity index (χ1v) is 6.83. The Bertz CT molecular complexity index is 457. The highest BCUT2D eigenvalue weighted by molar-refractivity contribution is 5.85. The van der Waals surface area contributed by atoms with Crippen LogP contribution in [0.2, 0.25) is 0 Å². The Morgan fingerprint density at radius 2 is 2.26 bits per heavy atom. The molecule has 0 bridgehead atoms. The lowest BCUT2D eigenvalue weighted by molar-refractivity contribution is -0.126. The van der Waals surface area contributed by atoms with Crippen LogP contribution in [0.4, 0.5) is 0 Å². The van der Waals surface area contributed by atoms with Crippen LogP contribution in [0.15, 0.2) is 24.3 Å². The van der Waals surface area contributed by atoms with Gasteiger partial charge < -0.3 is 15.8 Å². The molecule has 0 aliphatic heterocycles. The summed E-state index contributed by atoms with van der Waals surface area (Å²) in [6.07, 6.45) is 2.07. The summed E-state index contributed by atoms with van der Waals surface area (Å²) in [7, 11) is 0. The number of hydrogen-bond acceptors (Lipinski definition) is 3. The van der Waals surface area contributed by atoms with Crippen molar-refractivity contribution in [3.05, 3.63) is 29.8 Å². The Hall–Kier alpha value is -1.55. The molecule has 19 heavy (non-hydrogen) atoms. The number of aryl methyl sites for hydroxylation is 1. The van der Waals surface area contributed by atoms with E-state index in [9.17, 15) is 4.79 Å². The number of carbonyl (C=O) groups excluding carboxylic acids is 1. The van der Waals surface area contributed by atoms with Crippen molar-refractivity contribution in [2.24, 2.45) is 11.7 Å². The van der Waals surface area contributed by atoms with E-state index in [1.165, 1.54) is 0 Å². The largest absolute Gasteiger partial charge is 0.491 e. The quantitative estimate of drug-likeness (QED) is 0.784. The number of rotatable bonds is 7. The van der Waals surface area contributed by atoms with Gasteiger partial charge in [-0.2, -0.15) is 0 Å². The predicted octanol–water partition coefficient (Wildman–Crippen LogP) is 1.62. The number of nitrogens with one attached hydrogen (secondary N) is 1. The molecule has 0 spiro atoms. The molecule has 1 aromatic carbocycles. The summed E-state index contributed by atoms with van der Waals surface area (Å²) in [5, 5.41) is 3.24. The van der Waals surface area contributed by atoms with Crippen LogP contribution >= 0.6 is 0 Å². The van der Waals surface area contributed by atoms with E-state index in [-0.39, 0.29) is 5.91 Å². The molecule has 0 saturated heterocycles. The average molecular weight is 262 g/mol. The van der Waals surface area contributed by atoms with E-state index in [1.54, 1.807) is 0 Å². The molecule has 104 valence electrons. The zero-order valence-electron chi connectivity index (χ0n) is 11.6.